The quantitative estimate of drug-likeness (QED) is 0.700. The molecular formula is C8H11N3OS. The Labute approximate surface area is 81.3 Å². The van der Waals surface area contributed by atoms with Crippen LogP contribution in [0.25, 0.3) is 0 Å². The Kier molecular flexibility index (Phi) is 2.56. The molecule has 1 aliphatic rings. The van der Waals surface area contributed by atoms with Gasteiger partial charge in [-0.1, -0.05) is 0 Å². The molecule has 0 spiro atoms. The highest BCUT2D eigenvalue weighted by Crippen LogP contribution is 2.12. The molecule has 1 atom stereocenters. The normalized spacial score (nSPS) is 21.7. The van der Waals surface area contributed by atoms with E-state index in [1.807, 2.05) is 0 Å². The Morgan fingerprint density at radius 3 is 3.15 bits per heavy atom. The lowest BCUT2D eigenvalue weighted by Crippen LogP contribution is -2.27. The number of rotatable bonds is 2. The van der Waals surface area contributed by atoms with Gasteiger partial charge in [-0.05, 0) is 31.6 Å². The van der Waals surface area contributed by atoms with Gasteiger partial charge in [0.1, 0.15) is 6.23 Å². The van der Waals surface area contributed by atoms with E-state index < -0.39 is 0 Å². The van der Waals surface area contributed by atoms with Gasteiger partial charge in [0.25, 0.3) is 0 Å². The SMILES string of the molecule is S=c1ncc(OC2CCCN2)c[nH]1. The highest BCUT2D eigenvalue weighted by atomic mass is 32.1. The molecule has 1 aromatic heterocycles. The lowest BCUT2D eigenvalue weighted by molar-refractivity contribution is 0.186. The molecule has 1 fully saturated rings. The van der Waals surface area contributed by atoms with Crippen molar-refractivity contribution in [2.75, 3.05) is 6.54 Å². The standard InChI is InChI=1S/C8H11N3OS/c13-8-10-4-6(5-11-8)12-7-2-1-3-9-7/h4-5,7,9H,1-3H2,(H,10,11,13). The first kappa shape index (κ1) is 8.65. The van der Waals surface area contributed by atoms with Crippen molar-refractivity contribution in [2.24, 2.45) is 0 Å². The predicted octanol–water partition coefficient (Wildman–Crippen LogP) is 1.23. The Hall–Kier alpha value is -0.940. The van der Waals surface area contributed by atoms with E-state index in [4.69, 9.17) is 17.0 Å². The van der Waals surface area contributed by atoms with Crippen molar-refractivity contribution in [3.05, 3.63) is 17.2 Å². The fraction of sp³-hybridized carbons (Fsp3) is 0.500. The average molecular weight is 197 g/mol. The largest absolute Gasteiger partial charge is 0.472 e. The fourth-order valence-corrected chi connectivity index (χ4v) is 1.42. The first-order chi connectivity index (χ1) is 6.34. The summed E-state index contributed by atoms with van der Waals surface area (Å²) < 4.78 is 6.06. The molecule has 1 unspecified atom stereocenters. The number of hydrogen-bond donors (Lipinski definition) is 2. The van der Waals surface area contributed by atoms with E-state index in [-0.39, 0.29) is 6.23 Å². The van der Waals surface area contributed by atoms with Gasteiger partial charge in [0.05, 0.1) is 6.20 Å². The van der Waals surface area contributed by atoms with Crippen LogP contribution in [0.4, 0.5) is 0 Å². The van der Waals surface area contributed by atoms with E-state index in [1.165, 1.54) is 6.42 Å². The van der Waals surface area contributed by atoms with Gasteiger partial charge in [0, 0.05) is 6.20 Å². The van der Waals surface area contributed by atoms with Crippen molar-refractivity contribution >= 4 is 12.2 Å². The molecule has 13 heavy (non-hydrogen) atoms. The number of hydrogen-bond acceptors (Lipinski definition) is 4. The zero-order valence-corrected chi connectivity index (χ0v) is 7.93. The van der Waals surface area contributed by atoms with Gasteiger partial charge in [-0.25, -0.2) is 4.98 Å². The second-order valence-corrected chi connectivity index (χ2v) is 3.34. The zero-order chi connectivity index (χ0) is 9.10. The number of nitrogens with zero attached hydrogens (tertiary/aromatic N) is 1. The van der Waals surface area contributed by atoms with Crippen LogP contribution in [0, 0.1) is 4.77 Å². The first-order valence-electron chi connectivity index (χ1n) is 4.29. The maximum Gasteiger partial charge on any atom is 0.196 e. The minimum Gasteiger partial charge on any atom is -0.472 e. The Balaban J connectivity index is 2.00. The Bertz CT molecular complexity index is 312. The summed E-state index contributed by atoms with van der Waals surface area (Å²) in [5.74, 6) is 0.730. The molecule has 5 heteroatoms. The van der Waals surface area contributed by atoms with Gasteiger partial charge in [-0.3, -0.25) is 5.32 Å². The minimum absolute atomic E-state index is 0.131. The van der Waals surface area contributed by atoms with Crippen LogP contribution in [0.3, 0.4) is 0 Å². The average Bonchev–Trinajstić information content (AvgIpc) is 2.62. The first-order valence-corrected chi connectivity index (χ1v) is 4.70. The Morgan fingerprint density at radius 1 is 1.62 bits per heavy atom. The number of nitrogens with one attached hydrogen (secondary N) is 2. The van der Waals surface area contributed by atoms with Crippen LogP contribution in [0.1, 0.15) is 12.8 Å². The molecule has 0 amide bonds. The van der Waals surface area contributed by atoms with E-state index in [0.29, 0.717) is 4.77 Å². The van der Waals surface area contributed by atoms with Gasteiger partial charge in [0.15, 0.2) is 10.5 Å². The molecule has 2 N–H and O–H groups in total. The molecule has 4 nitrogen and oxygen atoms in total. The number of aromatic amines is 1. The molecule has 1 saturated heterocycles. The molecule has 0 aliphatic carbocycles. The second kappa shape index (κ2) is 3.85. The summed E-state index contributed by atoms with van der Waals surface area (Å²) in [4.78, 5) is 6.75. The third-order valence-electron chi connectivity index (χ3n) is 1.94. The van der Waals surface area contributed by atoms with E-state index in [9.17, 15) is 0 Å². The van der Waals surface area contributed by atoms with Crippen LogP contribution in [-0.4, -0.2) is 22.7 Å². The van der Waals surface area contributed by atoms with Crippen molar-refractivity contribution in [2.45, 2.75) is 19.1 Å². The topological polar surface area (TPSA) is 49.9 Å². The van der Waals surface area contributed by atoms with Crippen LogP contribution in [0.2, 0.25) is 0 Å². The summed E-state index contributed by atoms with van der Waals surface area (Å²) in [7, 11) is 0. The third-order valence-corrected chi connectivity index (χ3v) is 2.16. The number of aromatic nitrogens is 2. The maximum absolute atomic E-state index is 5.58. The molecule has 2 rings (SSSR count). The van der Waals surface area contributed by atoms with Crippen LogP contribution in [0.5, 0.6) is 5.75 Å². The van der Waals surface area contributed by atoms with Crippen molar-refractivity contribution in [3.63, 3.8) is 0 Å². The van der Waals surface area contributed by atoms with E-state index in [0.717, 1.165) is 18.7 Å². The molecule has 0 radical (unpaired) electrons. The molecule has 70 valence electrons. The molecule has 1 aromatic rings. The highest BCUT2D eigenvalue weighted by molar-refractivity contribution is 7.71. The summed E-state index contributed by atoms with van der Waals surface area (Å²) in [5, 5.41) is 3.23. The third kappa shape index (κ3) is 2.26. The van der Waals surface area contributed by atoms with Gasteiger partial charge in [-0.2, -0.15) is 0 Å². The molecule has 0 bridgehead atoms. The lowest BCUT2D eigenvalue weighted by atomic mass is 10.4. The Morgan fingerprint density at radius 2 is 2.54 bits per heavy atom. The van der Waals surface area contributed by atoms with E-state index >= 15 is 0 Å². The highest BCUT2D eigenvalue weighted by Gasteiger charge is 2.14. The van der Waals surface area contributed by atoms with Gasteiger partial charge >= 0.3 is 0 Å². The maximum atomic E-state index is 5.58. The van der Waals surface area contributed by atoms with E-state index in [2.05, 4.69) is 15.3 Å². The van der Waals surface area contributed by atoms with Crippen LogP contribution in [0.15, 0.2) is 12.4 Å². The molecule has 2 heterocycles. The molecule has 1 aliphatic heterocycles. The lowest BCUT2D eigenvalue weighted by Gasteiger charge is -2.12. The van der Waals surface area contributed by atoms with Crippen molar-refractivity contribution in [3.8, 4) is 5.75 Å². The molecule has 0 aromatic carbocycles. The van der Waals surface area contributed by atoms with Crippen LogP contribution in [-0.2, 0) is 0 Å². The van der Waals surface area contributed by atoms with Crippen molar-refractivity contribution in [1.82, 2.24) is 15.3 Å². The predicted molar refractivity (Wildman–Crippen MR) is 51.1 cm³/mol. The summed E-state index contributed by atoms with van der Waals surface area (Å²) in [5.41, 5.74) is 0. The van der Waals surface area contributed by atoms with Gasteiger partial charge in [-0.15, -0.1) is 0 Å². The molecular weight excluding hydrogens is 186 g/mol. The molecule has 0 saturated carbocycles. The second-order valence-electron chi connectivity index (χ2n) is 2.96. The zero-order valence-electron chi connectivity index (χ0n) is 7.12. The summed E-state index contributed by atoms with van der Waals surface area (Å²) in [6, 6.07) is 0. The van der Waals surface area contributed by atoms with E-state index in [1.54, 1.807) is 12.4 Å². The van der Waals surface area contributed by atoms with Crippen LogP contribution < -0.4 is 10.1 Å². The smallest absolute Gasteiger partial charge is 0.196 e. The van der Waals surface area contributed by atoms with Crippen LogP contribution >= 0.6 is 12.2 Å². The fourth-order valence-electron chi connectivity index (χ4n) is 1.31. The van der Waals surface area contributed by atoms with Crippen molar-refractivity contribution in [1.29, 1.82) is 0 Å². The summed E-state index contributed by atoms with van der Waals surface area (Å²) >= 11 is 4.82. The van der Waals surface area contributed by atoms with Gasteiger partial charge < -0.3 is 9.72 Å². The van der Waals surface area contributed by atoms with Crippen molar-refractivity contribution < 1.29 is 4.74 Å². The number of ether oxygens (including phenoxy) is 1. The monoisotopic (exact) mass is 197 g/mol. The van der Waals surface area contributed by atoms with Gasteiger partial charge in [0.2, 0.25) is 0 Å². The minimum atomic E-state index is 0.131. The number of H-pyrrole nitrogens is 1. The summed E-state index contributed by atoms with van der Waals surface area (Å²) in [6.07, 6.45) is 5.72. The summed E-state index contributed by atoms with van der Waals surface area (Å²) in [6.45, 7) is 1.03.